The molecule has 3 nitrogen and oxygen atoms in total. The number of benzene rings is 1. The van der Waals surface area contributed by atoms with Crippen molar-refractivity contribution in [2.75, 3.05) is 11.6 Å². The summed E-state index contributed by atoms with van der Waals surface area (Å²) in [5.41, 5.74) is 0.0200. The summed E-state index contributed by atoms with van der Waals surface area (Å²) in [7, 11) is -3.91. The van der Waals surface area contributed by atoms with E-state index in [-0.39, 0.29) is 17.7 Å². The van der Waals surface area contributed by atoms with E-state index in [0.29, 0.717) is 10.4 Å². The van der Waals surface area contributed by atoms with Crippen LogP contribution in [0.1, 0.15) is 12.0 Å². The molecule has 0 spiro atoms. The van der Waals surface area contributed by atoms with Crippen LogP contribution in [-0.2, 0) is 14.8 Å². The number of sulfone groups is 1. The molecule has 0 radical (unpaired) electrons. The predicted octanol–water partition coefficient (Wildman–Crippen LogP) is 3.05. The van der Waals surface area contributed by atoms with Gasteiger partial charge in [-0.1, -0.05) is 27.5 Å². The molecule has 0 aromatic heterocycles. The molecule has 1 aromatic rings. The number of ether oxygens (including phenoxy) is 1. The third-order valence-corrected chi connectivity index (χ3v) is 5.41. The molecular formula is C11H11BrClFO3S. The highest BCUT2D eigenvalue weighted by Crippen LogP contribution is 2.46. The summed E-state index contributed by atoms with van der Waals surface area (Å²) in [6, 6.07) is 4.26. The third kappa shape index (κ3) is 2.26. The van der Waals surface area contributed by atoms with Gasteiger partial charge in [0.25, 0.3) is 0 Å². The molecule has 1 aliphatic rings. The number of rotatable bonds is 2. The minimum atomic E-state index is -3.91. The zero-order valence-corrected chi connectivity index (χ0v) is 12.6. The molecule has 1 heterocycles. The molecule has 0 saturated heterocycles. The summed E-state index contributed by atoms with van der Waals surface area (Å²) < 4.78 is 43.9. The van der Waals surface area contributed by atoms with Crippen LogP contribution in [0, 0.1) is 0 Å². The van der Waals surface area contributed by atoms with Crippen molar-refractivity contribution in [3.63, 3.8) is 0 Å². The number of hydrogen-bond donors (Lipinski definition) is 0. The predicted molar refractivity (Wildman–Crippen MR) is 71.9 cm³/mol. The fourth-order valence-electron chi connectivity index (χ4n) is 1.96. The Morgan fingerprint density at radius 1 is 1.61 bits per heavy atom. The lowest BCUT2D eigenvalue weighted by Gasteiger charge is -2.35. The van der Waals surface area contributed by atoms with Gasteiger partial charge in [0.15, 0.2) is 9.84 Å². The lowest BCUT2D eigenvalue weighted by molar-refractivity contribution is 0.109. The van der Waals surface area contributed by atoms with Crippen LogP contribution in [0.25, 0.3) is 0 Å². The Morgan fingerprint density at radius 2 is 2.28 bits per heavy atom. The van der Waals surface area contributed by atoms with Gasteiger partial charge in [0.1, 0.15) is 11.9 Å². The second-order valence-electron chi connectivity index (χ2n) is 4.24. The number of alkyl halides is 2. The van der Waals surface area contributed by atoms with Crippen molar-refractivity contribution in [2.24, 2.45) is 0 Å². The Kier molecular flexibility index (Phi) is 3.64. The van der Waals surface area contributed by atoms with Gasteiger partial charge in [0.2, 0.25) is 5.00 Å². The van der Waals surface area contributed by atoms with Crippen molar-refractivity contribution in [1.29, 1.82) is 0 Å². The summed E-state index contributed by atoms with van der Waals surface area (Å²) >= 11 is 8.99. The van der Waals surface area contributed by atoms with E-state index in [0.717, 1.165) is 6.26 Å². The molecule has 2 unspecified atom stereocenters. The van der Waals surface area contributed by atoms with Crippen LogP contribution in [0.2, 0.25) is 5.02 Å². The molecule has 0 bridgehead atoms. The highest BCUT2D eigenvalue weighted by molar-refractivity contribution is 9.09. The highest BCUT2D eigenvalue weighted by Gasteiger charge is 2.50. The fraction of sp³-hybridized carbons (Fsp3) is 0.455. The fourth-order valence-corrected chi connectivity index (χ4v) is 3.54. The lowest BCUT2D eigenvalue weighted by Crippen LogP contribution is -2.41. The Hall–Kier alpha value is -0.330. The minimum Gasteiger partial charge on any atom is -0.489 e. The Morgan fingerprint density at radius 3 is 2.83 bits per heavy atom. The van der Waals surface area contributed by atoms with Gasteiger partial charge in [-0.3, -0.25) is 0 Å². The molecule has 7 heteroatoms. The average Bonchev–Trinajstić information content (AvgIpc) is 2.26. The van der Waals surface area contributed by atoms with E-state index < -0.39 is 20.9 Å². The first-order valence-electron chi connectivity index (χ1n) is 5.19. The Balaban J connectivity index is 2.64. The van der Waals surface area contributed by atoms with E-state index in [1.54, 1.807) is 0 Å². The van der Waals surface area contributed by atoms with Crippen molar-refractivity contribution < 1.29 is 17.5 Å². The van der Waals surface area contributed by atoms with Gasteiger partial charge in [-0.05, 0) is 18.2 Å². The molecular weight excluding hydrogens is 347 g/mol. The quantitative estimate of drug-likeness (QED) is 0.764. The molecule has 0 N–H and O–H groups in total. The van der Waals surface area contributed by atoms with Crippen LogP contribution in [0.15, 0.2) is 18.2 Å². The van der Waals surface area contributed by atoms with E-state index >= 15 is 0 Å². The van der Waals surface area contributed by atoms with E-state index in [1.165, 1.54) is 18.2 Å². The molecule has 1 aliphatic heterocycles. The molecule has 2 atom stereocenters. The van der Waals surface area contributed by atoms with Crippen molar-refractivity contribution in [3.8, 4) is 5.75 Å². The van der Waals surface area contributed by atoms with Crippen molar-refractivity contribution in [2.45, 2.75) is 17.5 Å². The summed E-state index contributed by atoms with van der Waals surface area (Å²) in [6.45, 7) is 0. The molecule has 0 amide bonds. The maximum absolute atomic E-state index is 14.9. The first kappa shape index (κ1) is 14.1. The van der Waals surface area contributed by atoms with E-state index in [4.69, 9.17) is 16.3 Å². The maximum Gasteiger partial charge on any atom is 0.242 e. The first-order valence-corrected chi connectivity index (χ1v) is 8.58. The van der Waals surface area contributed by atoms with Crippen LogP contribution in [-0.4, -0.2) is 26.1 Å². The average molecular weight is 358 g/mol. The minimum absolute atomic E-state index is 0.0200. The van der Waals surface area contributed by atoms with Crippen molar-refractivity contribution in [1.82, 2.24) is 0 Å². The van der Waals surface area contributed by atoms with Gasteiger partial charge < -0.3 is 4.74 Å². The zero-order chi connectivity index (χ0) is 13.6. The second-order valence-corrected chi connectivity index (χ2v) is 7.51. The van der Waals surface area contributed by atoms with Crippen molar-refractivity contribution >= 4 is 37.4 Å². The van der Waals surface area contributed by atoms with E-state index in [9.17, 15) is 12.8 Å². The standard InChI is InChI=1S/C11H11BrClFO3S/c1-18(15,16)11(14)5-8(6-12)17-10-4-7(13)2-3-9(10)11/h2-4,8H,5-6H2,1H3. The largest absolute Gasteiger partial charge is 0.489 e. The smallest absolute Gasteiger partial charge is 0.242 e. The van der Waals surface area contributed by atoms with Crippen LogP contribution >= 0.6 is 27.5 Å². The number of halogens is 3. The maximum atomic E-state index is 14.9. The molecule has 18 heavy (non-hydrogen) atoms. The van der Waals surface area contributed by atoms with Gasteiger partial charge in [-0.2, -0.15) is 0 Å². The van der Waals surface area contributed by atoms with Crippen LogP contribution in [0.3, 0.4) is 0 Å². The van der Waals surface area contributed by atoms with Gasteiger partial charge >= 0.3 is 0 Å². The van der Waals surface area contributed by atoms with Gasteiger partial charge in [0, 0.05) is 28.6 Å². The topological polar surface area (TPSA) is 43.4 Å². The SMILES string of the molecule is CS(=O)(=O)C1(F)CC(CBr)Oc2cc(Cl)ccc21. The summed E-state index contributed by atoms with van der Waals surface area (Å²) in [5.74, 6) is 0.186. The summed E-state index contributed by atoms with van der Waals surface area (Å²) in [4.78, 5) is 0. The van der Waals surface area contributed by atoms with Crippen molar-refractivity contribution in [3.05, 3.63) is 28.8 Å². The normalized spacial score (nSPS) is 27.4. The van der Waals surface area contributed by atoms with Crippen LogP contribution in [0.4, 0.5) is 4.39 Å². The number of fused-ring (bicyclic) bond motifs is 1. The summed E-state index contributed by atoms with van der Waals surface area (Å²) in [5, 5.41) is -1.70. The monoisotopic (exact) mass is 356 g/mol. The molecule has 1 aromatic carbocycles. The molecule has 100 valence electrons. The molecule has 0 aliphatic carbocycles. The molecule has 2 rings (SSSR count). The van der Waals surface area contributed by atoms with E-state index in [2.05, 4.69) is 15.9 Å². The Bertz CT molecular complexity index is 578. The first-order chi connectivity index (χ1) is 8.28. The zero-order valence-electron chi connectivity index (χ0n) is 9.49. The van der Waals surface area contributed by atoms with Gasteiger partial charge in [-0.15, -0.1) is 0 Å². The van der Waals surface area contributed by atoms with Crippen LogP contribution in [0.5, 0.6) is 5.75 Å². The van der Waals surface area contributed by atoms with Gasteiger partial charge in [0.05, 0.1) is 0 Å². The van der Waals surface area contributed by atoms with E-state index in [1.807, 2.05) is 0 Å². The highest BCUT2D eigenvalue weighted by atomic mass is 79.9. The van der Waals surface area contributed by atoms with Crippen LogP contribution < -0.4 is 4.74 Å². The van der Waals surface area contributed by atoms with Gasteiger partial charge in [-0.25, -0.2) is 12.8 Å². The lowest BCUT2D eigenvalue weighted by atomic mass is 10.0. The Labute approximate surface area is 118 Å². The molecule has 0 fully saturated rings. The summed E-state index contributed by atoms with van der Waals surface area (Å²) in [6.07, 6.45) is 0.115. The number of hydrogen-bond acceptors (Lipinski definition) is 3. The molecule has 0 saturated carbocycles. The second kappa shape index (κ2) is 4.65. The third-order valence-electron chi connectivity index (χ3n) is 2.89.